The molecular weight excluding hydrogens is 316 g/mol. The molecule has 1 aromatic heterocycles. The smallest absolute Gasteiger partial charge is 0.227 e. The summed E-state index contributed by atoms with van der Waals surface area (Å²) in [5.41, 5.74) is 1.95. The summed E-state index contributed by atoms with van der Waals surface area (Å²) in [5.74, 6) is -0.375. The second-order valence-electron chi connectivity index (χ2n) is 6.70. The highest BCUT2D eigenvalue weighted by molar-refractivity contribution is 6.00. The molecule has 132 valence electrons. The van der Waals surface area contributed by atoms with Crippen molar-refractivity contribution in [3.63, 3.8) is 0 Å². The number of amides is 2. The second kappa shape index (κ2) is 7.51. The van der Waals surface area contributed by atoms with Gasteiger partial charge in [0, 0.05) is 31.7 Å². The van der Waals surface area contributed by atoms with Gasteiger partial charge in [-0.15, -0.1) is 0 Å². The molecule has 0 radical (unpaired) electrons. The van der Waals surface area contributed by atoms with Gasteiger partial charge in [-0.2, -0.15) is 5.10 Å². The predicted octanol–water partition coefficient (Wildman–Crippen LogP) is 2.18. The Hall–Kier alpha value is -2.63. The fourth-order valence-electron chi connectivity index (χ4n) is 3.00. The molecule has 0 spiro atoms. The lowest BCUT2D eigenvalue weighted by molar-refractivity contribution is -0.126. The Morgan fingerprint density at radius 1 is 1.32 bits per heavy atom. The molecule has 1 aromatic carbocycles. The van der Waals surface area contributed by atoms with Crippen molar-refractivity contribution in [2.24, 2.45) is 5.92 Å². The van der Waals surface area contributed by atoms with Crippen LogP contribution < -0.4 is 10.2 Å². The Labute approximate surface area is 147 Å². The fourth-order valence-corrected chi connectivity index (χ4v) is 3.00. The molecule has 1 saturated heterocycles. The number of anilines is 1. The summed E-state index contributed by atoms with van der Waals surface area (Å²) in [6, 6.07) is 10.3. The fraction of sp³-hybridized carbons (Fsp3) is 0.421. The minimum Gasteiger partial charge on any atom is -0.355 e. The highest BCUT2D eigenvalue weighted by Gasteiger charge is 2.35. The molecule has 1 atom stereocenters. The maximum atomic E-state index is 12.4. The molecule has 25 heavy (non-hydrogen) atoms. The summed E-state index contributed by atoms with van der Waals surface area (Å²) in [6.07, 6.45) is 4.59. The third-order valence-corrected chi connectivity index (χ3v) is 4.48. The van der Waals surface area contributed by atoms with E-state index in [2.05, 4.69) is 10.4 Å². The van der Waals surface area contributed by atoms with E-state index in [1.807, 2.05) is 55.1 Å². The van der Waals surface area contributed by atoms with Gasteiger partial charge in [0.1, 0.15) is 0 Å². The monoisotopic (exact) mass is 340 g/mol. The Balaban J connectivity index is 1.53. The minimum atomic E-state index is -0.300. The summed E-state index contributed by atoms with van der Waals surface area (Å²) in [4.78, 5) is 26.3. The molecule has 6 heteroatoms. The van der Waals surface area contributed by atoms with Crippen LogP contribution in [0.4, 0.5) is 5.69 Å². The van der Waals surface area contributed by atoms with E-state index in [0.717, 1.165) is 12.1 Å². The number of carbonyl (C=O) groups is 2. The normalized spacial score (nSPS) is 17.3. The van der Waals surface area contributed by atoms with Gasteiger partial charge >= 0.3 is 0 Å². The first-order chi connectivity index (χ1) is 12.0. The summed E-state index contributed by atoms with van der Waals surface area (Å²) < 4.78 is 1.82. The third kappa shape index (κ3) is 4.07. The van der Waals surface area contributed by atoms with Crippen molar-refractivity contribution in [2.45, 2.75) is 32.7 Å². The molecule has 1 fully saturated rings. The first-order valence-corrected chi connectivity index (χ1v) is 8.70. The topological polar surface area (TPSA) is 67.2 Å². The van der Waals surface area contributed by atoms with Crippen LogP contribution in [0, 0.1) is 5.92 Å². The molecule has 1 unspecified atom stereocenters. The molecule has 1 aliphatic heterocycles. The molecule has 0 saturated carbocycles. The predicted molar refractivity (Wildman–Crippen MR) is 96.2 cm³/mol. The lowest BCUT2D eigenvalue weighted by Gasteiger charge is -2.14. The van der Waals surface area contributed by atoms with Gasteiger partial charge in [-0.05, 0) is 25.8 Å². The van der Waals surface area contributed by atoms with Crippen LogP contribution in [0.3, 0.4) is 0 Å². The van der Waals surface area contributed by atoms with Gasteiger partial charge in [0.2, 0.25) is 11.8 Å². The van der Waals surface area contributed by atoms with Crippen LogP contribution in [0.25, 0.3) is 0 Å². The molecule has 0 bridgehead atoms. The summed E-state index contributed by atoms with van der Waals surface area (Å²) in [6.45, 7) is 5.07. The zero-order valence-electron chi connectivity index (χ0n) is 14.7. The average Bonchev–Trinajstić information content (AvgIpc) is 3.22. The van der Waals surface area contributed by atoms with Crippen molar-refractivity contribution in [3.05, 3.63) is 48.3 Å². The van der Waals surface area contributed by atoms with Crippen molar-refractivity contribution in [1.29, 1.82) is 0 Å². The van der Waals surface area contributed by atoms with Gasteiger partial charge in [0.15, 0.2) is 0 Å². The van der Waals surface area contributed by atoms with Crippen LogP contribution in [-0.4, -0.2) is 34.7 Å². The number of carbonyl (C=O) groups excluding carboxylic acids is 2. The number of benzene rings is 1. The number of aromatic nitrogens is 2. The van der Waals surface area contributed by atoms with E-state index < -0.39 is 0 Å². The first-order valence-electron chi connectivity index (χ1n) is 8.70. The van der Waals surface area contributed by atoms with Gasteiger partial charge in [0.05, 0.1) is 17.8 Å². The molecule has 2 amide bonds. The van der Waals surface area contributed by atoms with E-state index in [1.165, 1.54) is 5.56 Å². The van der Waals surface area contributed by atoms with Crippen LogP contribution >= 0.6 is 0 Å². The van der Waals surface area contributed by atoms with Crippen molar-refractivity contribution in [1.82, 2.24) is 15.1 Å². The molecule has 1 aliphatic rings. The van der Waals surface area contributed by atoms with Crippen molar-refractivity contribution < 1.29 is 9.59 Å². The van der Waals surface area contributed by atoms with Gasteiger partial charge in [-0.3, -0.25) is 14.3 Å². The van der Waals surface area contributed by atoms with Gasteiger partial charge < -0.3 is 10.2 Å². The minimum absolute atomic E-state index is 0.0217. The van der Waals surface area contributed by atoms with Crippen LogP contribution in [0.1, 0.15) is 31.9 Å². The van der Waals surface area contributed by atoms with Crippen LogP contribution in [0.2, 0.25) is 0 Å². The third-order valence-electron chi connectivity index (χ3n) is 4.48. The summed E-state index contributed by atoms with van der Waals surface area (Å²) in [7, 11) is 0. The lowest BCUT2D eigenvalue weighted by Crippen LogP contribution is -2.34. The molecule has 3 rings (SSSR count). The molecule has 1 N–H and O–H groups in total. The average molecular weight is 340 g/mol. The zero-order chi connectivity index (χ0) is 17.8. The largest absolute Gasteiger partial charge is 0.355 e. The number of nitrogens with one attached hydrogen (secondary N) is 1. The summed E-state index contributed by atoms with van der Waals surface area (Å²) >= 11 is 0. The molecule has 0 aliphatic carbocycles. The Morgan fingerprint density at radius 2 is 2.08 bits per heavy atom. The first kappa shape index (κ1) is 17.2. The number of hydrogen-bond acceptors (Lipinski definition) is 3. The molecular formula is C19H24N4O2. The van der Waals surface area contributed by atoms with E-state index in [1.54, 1.807) is 11.1 Å². The van der Waals surface area contributed by atoms with E-state index in [4.69, 9.17) is 0 Å². The van der Waals surface area contributed by atoms with Gasteiger partial charge in [-0.25, -0.2) is 0 Å². The number of hydrogen-bond donors (Lipinski definition) is 1. The van der Waals surface area contributed by atoms with Crippen LogP contribution in [0.5, 0.6) is 0 Å². The highest BCUT2D eigenvalue weighted by atomic mass is 16.2. The van der Waals surface area contributed by atoms with E-state index in [0.29, 0.717) is 13.1 Å². The Kier molecular flexibility index (Phi) is 5.16. The maximum Gasteiger partial charge on any atom is 0.227 e. The van der Waals surface area contributed by atoms with Crippen LogP contribution in [-0.2, 0) is 16.0 Å². The standard InChI is InChI=1S/C19H24N4O2/c1-14(2)23-13-17(11-21-23)22-12-16(10-18(22)24)19(25)20-9-8-15-6-4-3-5-7-15/h3-7,11,13-14,16H,8-10,12H2,1-2H3,(H,20,25). The lowest BCUT2D eigenvalue weighted by atomic mass is 10.1. The summed E-state index contributed by atoms with van der Waals surface area (Å²) in [5, 5.41) is 7.22. The van der Waals surface area contributed by atoms with E-state index >= 15 is 0 Å². The zero-order valence-corrected chi connectivity index (χ0v) is 14.7. The van der Waals surface area contributed by atoms with Crippen LogP contribution in [0.15, 0.2) is 42.7 Å². The van der Waals surface area contributed by atoms with E-state index in [-0.39, 0.29) is 30.2 Å². The molecule has 2 heterocycles. The maximum absolute atomic E-state index is 12.4. The van der Waals surface area contributed by atoms with E-state index in [9.17, 15) is 9.59 Å². The Bertz CT molecular complexity index is 739. The number of nitrogens with zero attached hydrogens (tertiary/aromatic N) is 3. The Morgan fingerprint density at radius 3 is 2.76 bits per heavy atom. The quantitative estimate of drug-likeness (QED) is 0.876. The second-order valence-corrected chi connectivity index (χ2v) is 6.70. The molecule has 2 aromatic rings. The van der Waals surface area contributed by atoms with Gasteiger partial charge in [-0.1, -0.05) is 30.3 Å². The van der Waals surface area contributed by atoms with Gasteiger partial charge in [0.25, 0.3) is 0 Å². The van der Waals surface area contributed by atoms with Crippen molar-refractivity contribution >= 4 is 17.5 Å². The van der Waals surface area contributed by atoms with Crippen molar-refractivity contribution in [3.8, 4) is 0 Å². The molecule has 6 nitrogen and oxygen atoms in total. The van der Waals surface area contributed by atoms with Crippen molar-refractivity contribution in [2.75, 3.05) is 18.0 Å². The SMILES string of the molecule is CC(C)n1cc(N2CC(C(=O)NCCc3ccccc3)CC2=O)cn1. The highest BCUT2D eigenvalue weighted by Crippen LogP contribution is 2.25. The number of rotatable bonds is 6.